The van der Waals surface area contributed by atoms with Gasteiger partial charge < -0.3 is 11.1 Å². The number of rotatable bonds is 4. The SMILES string of the molecule is Cc1c(Cl)cccc1S(=O)(=O)Nc1ccc(NC(N)=O)cc1. The highest BCUT2D eigenvalue weighted by atomic mass is 35.5. The number of benzene rings is 2. The average Bonchev–Trinajstić information content (AvgIpc) is 2.43. The number of sulfonamides is 1. The van der Waals surface area contributed by atoms with Crippen LogP contribution in [0, 0.1) is 6.92 Å². The number of hydrogen-bond acceptors (Lipinski definition) is 3. The van der Waals surface area contributed by atoms with E-state index in [4.69, 9.17) is 17.3 Å². The van der Waals surface area contributed by atoms with Crippen molar-refractivity contribution in [3.05, 3.63) is 53.1 Å². The van der Waals surface area contributed by atoms with Gasteiger partial charge in [0.05, 0.1) is 4.90 Å². The molecule has 6 nitrogen and oxygen atoms in total. The first-order valence-corrected chi connectivity index (χ1v) is 8.10. The average molecular weight is 340 g/mol. The zero-order valence-corrected chi connectivity index (χ0v) is 13.2. The number of carbonyl (C=O) groups is 1. The molecule has 22 heavy (non-hydrogen) atoms. The van der Waals surface area contributed by atoms with E-state index in [1.807, 2.05) is 0 Å². The minimum Gasteiger partial charge on any atom is -0.351 e. The van der Waals surface area contributed by atoms with E-state index in [1.165, 1.54) is 30.3 Å². The third-order valence-electron chi connectivity index (χ3n) is 2.91. The van der Waals surface area contributed by atoms with Gasteiger partial charge in [-0.2, -0.15) is 0 Å². The van der Waals surface area contributed by atoms with Crippen molar-refractivity contribution < 1.29 is 13.2 Å². The van der Waals surface area contributed by atoms with Gasteiger partial charge in [0, 0.05) is 16.4 Å². The first-order valence-electron chi connectivity index (χ1n) is 6.24. The van der Waals surface area contributed by atoms with E-state index in [2.05, 4.69) is 10.0 Å². The van der Waals surface area contributed by atoms with E-state index in [9.17, 15) is 13.2 Å². The van der Waals surface area contributed by atoms with Crippen LogP contribution >= 0.6 is 11.6 Å². The summed E-state index contributed by atoms with van der Waals surface area (Å²) < 4.78 is 27.2. The molecule has 0 saturated heterocycles. The van der Waals surface area contributed by atoms with Gasteiger partial charge >= 0.3 is 6.03 Å². The molecule has 2 aromatic carbocycles. The highest BCUT2D eigenvalue weighted by Gasteiger charge is 2.18. The molecule has 116 valence electrons. The van der Waals surface area contributed by atoms with Gasteiger partial charge in [-0.1, -0.05) is 17.7 Å². The number of hydrogen-bond donors (Lipinski definition) is 3. The van der Waals surface area contributed by atoms with E-state index in [0.717, 1.165) is 0 Å². The second kappa shape index (κ2) is 6.25. The first-order chi connectivity index (χ1) is 10.3. The van der Waals surface area contributed by atoms with Crippen LogP contribution in [0.15, 0.2) is 47.4 Å². The van der Waals surface area contributed by atoms with Crippen molar-refractivity contribution in [1.82, 2.24) is 0 Å². The molecule has 0 atom stereocenters. The van der Waals surface area contributed by atoms with Gasteiger partial charge in [-0.3, -0.25) is 4.72 Å². The van der Waals surface area contributed by atoms with Crippen LogP contribution < -0.4 is 15.8 Å². The normalized spacial score (nSPS) is 11.0. The van der Waals surface area contributed by atoms with Gasteiger partial charge in [0.15, 0.2) is 0 Å². The van der Waals surface area contributed by atoms with E-state index < -0.39 is 16.1 Å². The third-order valence-corrected chi connectivity index (χ3v) is 4.85. The monoisotopic (exact) mass is 339 g/mol. The quantitative estimate of drug-likeness (QED) is 0.798. The Morgan fingerprint density at radius 1 is 1.09 bits per heavy atom. The van der Waals surface area contributed by atoms with E-state index in [0.29, 0.717) is 22.0 Å². The summed E-state index contributed by atoms with van der Waals surface area (Å²) >= 11 is 5.95. The fourth-order valence-electron chi connectivity index (χ4n) is 1.85. The summed E-state index contributed by atoms with van der Waals surface area (Å²) in [5.74, 6) is 0. The number of anilines is 2. The van der Waals surface area contributed by atoms with Crippen LogP contribution in [0.1, 0.15) is 5.56 Å². The Kier molecular flexibility index (Phi) is 4.58. The molecule has 0 aliphatic carbocycles. The molecular weight excluding hydrogens is 326 g/mol. The lowest BCUT2D eigenvalue weighted by atomic mass is 10.2. The molecule has 0 saturated carbocycles. The van der Waals surface area contributed by atoms with Crippen LogP contribution in [-0.2, 0) is 10.0 Å². The molecule has 0 bridgehead atoms. The summed E-state index contributed by atoms with van der Waals surface area (Å²) in [4.78, 5) is 10.8. The predicted octanol–water partition coefficient (Wildman–Crippen LogP) is 2.94. The van der Waals surface area contributed by atoms with Crippen molar-refractivity contribution >= 4 is 39.0 Å². The fraction of sp³-hybridized carbons (Fsp3) is 0.0714. The Bertz CT molecular complexity index is 805. The number of amides is 2. The van der Waals surface area contributed by atoms with Crippen molar-refractivity contribution in [1.29, 1.82) is 0 Å². The maximum Gasteiger partial charge on any atom is 0.316 e. The van der Waals surface area contributed by atoms with Crippen LogP contribution in [0.2, 0.25) is 5.02 Å². The Hall–Kier alpha value is -2.25. The molecule has 0 aromatic heterocycles. The van der Waals surface area contributed by atoms with Crippen LogP contribution in [-0.4, -0.2) is 14.4 Å². The molecule has 2 rings (SSSR count). The lowest BCUT2D eigenvalue weighted by Crippen LogP contribution is -2.19. The topological polar surface area (TPSA) is 101 Å². The summed E-state index contributed by atoms with van der Waals surface area (Å²) in [7, 11) is -3.75. The minimum absolute atomic E-state index is 0.110. The van der Waals surface area contributed by atoms with Crippen molar-refractivity contribution in [2.45, 2.75) is 11.8 Å². The Morgan fingerprint density at radius 2 is 1.68 bits per heavy atom. The Labute approximate surface area is 133 Å². The van der Waals surface area contributed by atoms with Crippen LogP contribution in [0.4, 0.5) is 16.2 Å². The highest BCUT2D eigenvalue weighted by Crippen LogP contribution is 2.25. The van der Waals surface area contributed by atoms with E-state index in [1.54, 1.807) is 19.1 Å². The largest absolute Gasteiger partial charge is 0.351 e. The molecule has 0 radical (unpaired) electrons. The van der Waals surface area contributed by atoms with Gasteiger partial charge in [0.1, 0.15) is 0 Å². The molecule has 4 N–H and O–H groups in total. The number of nitrogens with two attached hydrogens (primary N) is 1. The second-order valence-electron chi connectivity index (χ2n) is 4.54. The first kappa shape index (κ1) is 16.1. The fourth-order valence-corrected chi connectivity index (χ4v) is 3.41. The molecule has 2 aromatic rings. The number of carbonyl (C=O) groups excluding carboxylic acids is 1. The Balaban J connectivity index is 2.25. The van der Waals surface area contributed by atoms with Gasteiger partial charge in [-0.25, -0.2) is 13.2 Å². The van der Waals surface area contributed by atoms with Crippen LogP contribution in [0.25, 0.3) is 0 Å². The molecule has 0 unspecified atom stereocenters. The zero-order valence-electron chi connectivity index (χ0n) is 11.6. The maximum atomic E-state index is 12.4. The van der Waals surface area contributed by atoms with E-state index in [-0.39, 0.29) is 4.90 Å². The van der Waals surface area contributed by atoms with Crippen molar-refractivity contribution in [2.75, 3.05) is 10.0 Å². The van der Waals surface area contributed by atoms with E-state index >= 15 is 0 Å². The van der Waals surface area contributed by atoms with Crippen LogP contribution in [0.3, 0.4) is 0 Å². The van der Waals surface area contributed by atoms with Gasteiger partial charge in [0.2, 0.25) is 0 Å². The molecule has 0 aliphatic rings. The van der Waals surface area contributed by atoms with Crippen molar-refractivity contribution in [3.8, 4) is 0 Å². The summed E-state index contributed by atoms with van der Waals surface area (Å²) in [6.45, 7) is 1.64. The summed E-state index contributed by atoms with van der Waals surface area (Å²) in [6, 6.07) is 10.1. The molecule has 8 heteroatoms. The van der Waals surface area contributed by atoms with Gasteiger partial charge in [-0.15, -0.1) is 0 Å². The summed E-state index contributed by atoms with van der Waals surface area (Å²) in [5, 5.41) is 2.77. The molecular formula is C14H14ClN3O3S. The summed E-state index contributed by atoms with van der Waals surface area (Å²) in [6.07, 6.45) is 0. The minimum atomic E-state index is -3.75. The summed E-state index contributed by atoms with van der Waals surface area (Å²) in [5.41, 5.74) is 6.30. The van der Waals surface area contributed by atoms with Crippen molar-refractivity contribution in [3.63, 3.8) is 0 Å². The molecule has 0 aliphatic heterocycles. The smallest absolute Gasteiger partial charge is 0.316 e. The molecule has 2 amide bonds. The molecule has 0 spiro atoms. The van der Waals surface area contributed by atoms with Crippen molar-refractivity contribution in [2.24, 2.45) is 5.73 Å². The highest BCUT2D eigenvalue weighted by molar-refractivity contribution is 7.92. The van der Waals surface area contributed by atoms with Gasteiger partial charge in [0.25, 0.3) is 10.0 Å². The van der Waals surface area contributed by atoms with Crippen LogP contribution in [0.5, 0.6) is 0 Å². The molecule has 0 heterocycles. The number of halogens is 1. The maximum absolute atomic E-state index is 12.4. The lowest BCUT2D eigenvalue weighted by molar-refractivity contribution is 0.259. The number of primary amides is 1. The zero-order chi connectivity index (χ0) is 16.3. The van der Waals surface area contributed by atoms with Gasteiger partial charge in [-0.05, 0) is 48.9 Å². The number of urea groups is 1. The lowest BCUT2D eigenvalue weighted by Gasteiger charge is -2.11. The standard InChI is InChI=1S/C14H14ClN3O3S/c1-9-12(15)3-2-4-13(9)22(20,21)18-11-7-5-10(6-8-11)17-14(16)19/h2-8,18H,1H3,(H3,16,17,19). The second-order valence-corrected chi connectivity index (χ2v) is 6.59. The predicted molar refractivity (Wildman–Crippen MR) is 86.6 cm³/mol. The third kappa shape index (κ3) is 3.69. The molecule has 0 fully saturated rings. The Morgan fingerprint density at radius 3 is 2.27 bits per heavy atom. The number of nitrogens with one attached hydrogen (secondary N) is 2.